The monoisotopic (exact) mass is 382 g/mol. The van der Waals surface area contributed by atoms with E-state index in [1.165, 1.54) is 23.7 Å². The highest BCUT2D eigenvalue weighted by molar-refractivity contribution is 5.91. The highest BCUT2D eigenvalue weighted by Gasteiger charge is 2.10. The molecule has 0 spiro atoms. The zero-order valence-electron chi connectivity index (χ0n) is 15.1. The van der Waals surface area contributed by atoms with Gasteiger partial charge in [-0.05, 0) is 41.5 Å². The van der Waals surface area contributed by atoms with Crippen LogP contribution >= 0.6 is 0 Å². The molecule has 28 heavy (non-hydrogen) atoms. The Bertz CT molecular complexity index is 1040. The molecule has 2 amide bonds. The van der Waals surface area contributed by atoms with Gasteiger partial charge < -0.3 is 9.88 Å². The number of nitrogens with zero attached hydrogens (tertiary/aromatic N) is 2. The average Bonchev–Trinajstić information content (AvgIpc) is 3.01. The normalized spacial score (nSPS) is 11.1. The van der Waals surface area contributed by atoms with Gasteiger partial charge in [-0.3, -0.25) is 14.8 Å². The maximum Gasteiger partial charge on any atom is 0.267 e. The summed E-state index contributed by atoms with van der Waals surface area (Å²) in [5, 5.41) is 11.3. The quantitative estimate of drug-likeness (QED) is 0.346. The van der Waals surface area contributed by atoms with Crippen LogP contribution in [0.1, 0.15) is 17.0 Å². The summed E-state index contributed by atoms with van der Waals surface area (Å²) in [6.07, 6.45) is 2.93. The first-order valence-corrected chi connectivity index (χ1v) is 8.55. The molecule has 3 rings (SSSR count). The van der Waals surface area contributed by atoms with Crippen molar-refractivity contribution in [3.8, 4) is 0 Å². The van der Waals surface area contributed by atoms with Crippen molar-refractivity contribution in [1.82, 2.24) is 20.3 Å². The zero-order chi connectivity index (χ0) is 20.1. The second-order valence-electron chi connectivity index (χ2n) is 6.22. The Labute approximate surface area is 160 Å². The van der Waals surface area contributed by atoms with E-state index in [-0.39, 0.29) is 24.7 Å². The lowest BCUT2D eigenvalue weighted by atomic mass is 10.1. The van der Waals surface area contributed by atoms with Gasteiger partial charge >= 0.3 is 0 Å². The molecule has 2 aromatic carbocycles. The van der Waals surface area contributed by atoms with E-state index in [0.717, 1.165) is 22.2 Å². The number of fused-ring (bicyclic) bond motifs is 1. The van der Waals surface area contributed by atoms with Gasteiger partial charge in [-0.2, -0.15) is 0 Å². The van der Waals surface area contributed by atoms with E-state index in [9.17, 15) is 14.0 Å². The number of nitrogens with one attached hydrogen (secondary N) is 2. The highest BCUT2D eigenvalue weighted by Crippen LogP contribution is 2.18. The summed E-state index contributed by atoms with van der Waals surface area (Å²) in [7, 11) is 1.85. The van der Waals surface area contributed by atoms with Crippen LogP contribution in [0.5, 0.6) is 0 Å². The molecule has 0 radical (unpaired) electrons. The third-order valence-corrected chi connectivity index (χ3v) is 4.26. The predicted octanol–water partition coefficient (Wildman–Crippen LogP) is 2.09. The number of benzene rings is 2. The molecule has 7 nitrogen and oxygen atoms in total. The molecule has 0 aliphatic carbocycles. The lowest BCUT2D eigenvalue weighted by molar-refractivity contribution is -0.124. The number of hydrogen-bond donors (Lipinski definition) is 3. The molecule has 0 aliphatic rings. The maximum absolute atomic E-state index is 12.9. The molecule has 0 fully saturated rings. The van der Waals surface area contributed by atoms with Gasteiger partial charge in [0, 0.05) is 13.1 Å². The van der Waals surface area contributed by atoms with Crippen LogP contribution in [0.15, 0.2) is 48.5 Å². The SMILES string of the molecule is Cn1c(CNC(=O)Cc2ccc(F)cc2)nc2cc(/C=C/C(=O)NO)ccc21. The fourth-order valence-corrected chi connectivity index (χ4v) is 2.77. The molecule has 0 saturated carbocycles. The first-order chi connectivity index (χ1) is 13.5. The number of carbonyl (C=O) groups is 2. The van der Waals surface area contributed by atoms with Crippen molar-refractivity contribution < 1.29 is 19.2 Å². The number of rotatable bonds is 6. The van der Waals surface area contributed by atoms with E-state index in [2.05, 4.69) is 10.3 Å². The van der Waals surface area contributed by atoms with Gasteiger partial charge in [0.25, 0.3) is 5.91 Å². The summed E-state index contributed by atoms with van der Waals surface area (Å²) in [6.45, 7) is 0.253. The number of aryl methyl sites for hydroxylation is 1. The molecule has 0 saturated heterocycles. The standard InChI is InChI=1S/C20H19FN4O3/c1-25-17-8-4-13(5-9-19(26)24-28)10-16(17)23-18(25)12-22-20(27)11-14-2-6-15(21)7-3-14/h2-10,28H,11-12H2,1H3,(H,22,27)(H,24,26)/b9-5+. The van der Waals surface area contributed by atoms with Crippen LogP contribution in [0.4, 0.5) is 4.39 Å². The second-order valence-corrected chi connectivity index (χ2v) is 6.22. The summed E-state index contributed by atoms with van der Waals surface area (Å²) in [5.41, 5.74) is 4.61. The fraction of sp³-hybridized carbons (Fsp3) is 0.150. The molecular weight excluding hydrogens is 363 g/mol. The summed E-state index contributed by atoms with van der Waals surface area (Å²) in [6, 6.07) is 11.3. The third-order valence-electron chi connectivity index (χ3n) is 4.26. The van der Waals surface area contributed by atoms with E-state index in [1.807, 2.05) is 23.7 Å². The first-order valence-electron chi connectivity index (χ1n) is 8.55. The molecule has 144 valence electrons. The van der Waals surface area contributed by atoms with E-state index < -0.39 is 5.91 Å². The number of imidazole rings is 1. The average molecular weight is 382 g/mol. The van der Waals surface area contributed by atoms with Crippen molar-refractivity contribution in [3.05, 3.63) is 71.3 Å². The summed E-state index contributed by atoms with van der Waals surface area (Å²) in [4.78, 5) is 27.7. The van der Waals surface area contributed by atoms with Gasteiger partial charge in [0.2, 0.25) is 5.91 Å². The number of aromatic nitrogens is 2. The Morgan fingerprint density at radius 1 is 1.21 bits per heavy atom. The van der Waals surface area contributed by atoms with Crippen molar-refractivity contribution in [2.75, 3.05) is 0 Å². The van der Waals surface area contributed by atoms with Crippen molar-refractivity contribution in [2.45, 2.75) is 13.0 Å². The van der Waals surface area contributed by atoms with Gasteiger partial charge in [-0.1, -0.05) is 18.2 Å². The van der Waals surface area contributed by atoms with Gasteiger partial charge in [-0.15, -0.1) is 0 Å². The highest BCUT2D eigenvalue weighted by atomic mass is 19.1. The molecule has 0 bridgehead atoms. The fourth-order valence-electron chi connectivity index (χ4n) is 2.77. The lowest BCUT2D eigenvalue weighted by Gasteiger charge is -2.06. The molecule has 3 N–H and O–H groups in total. The van der Waals surface area contributed by atoms with Crippen LogP contribution < -0.4 is 10.8 Å². The van der Waals surface area contributed by atoms with Crippen LogP contribution in [-0.4, -0.2) is 26.6 Å². The predicted molar refractivity (Wildman–Crippen MR) is 102 cm³/mol. The van der Waals surface area contributed by atoms with Gasteiger partial charge in [0.05, 0.1) is 24.0 Å². The minimum Gasteiger partial charge on any atom is -0.349 e. The van der Waals surface area contributed by atoms with Crippen LogP contribution in [0.25, 0.3) is 17.1 Å². The molecule has 0 unspecified atom stereocenters. The van der Waals surface area contributed by atoms with Gasteiger partial charge in [0.15, 0.2) is 0 Å². The molecule has 1 aromatic heterocycles. The van der Waals surface area contributed by atoms with E-state index in [4.69, 9.17) is 5.21 Å². The topological polar surface area (TPSA) is 96.2 Å². The van der Waals surface area contributed by atoms with E-state index >= 15 is 0 Å². The van der Waals surface area contributed by atoms with Gasteiger partial charge in [0.1, 0.15) is 11.6 Å². The summed E-state index contributed by atoms with van der Waals surface area (Å²) >= 11 is 0. The second kappa shape index (κ2) is 8.45. The Balaban J connectivity index is 1.68. The minimum atomic E-state index is -0.620. The maximum atomic E-state index is 12.9. The Morgan fingerprint density at radius 3 is 2.68 bits per heavy atom. The molecular formula is C20H19FN4O3. The van der Waals surface area contributed by atoms with Crippen LogP contribution in [0, 0.1) is 5.82 Å². The summed E-state index contributed by atoms with van der Waals surface area (Å²) < 4.78 is 14.8. The summed E-state index contributed by atoms with van der Waals surface area (Å²) in [5.74, 6) is -0.463. The van der Waals surface area contributed by atoms with E-state index in [0.29, 0.717) is 5.82 Å². The van der Waals surface area contributed by atoms with Crippen molar-refractivity contribution in [2.24, 2.45) is 7.05 Å². The zero-order valence-corrected chi connectivity index (χ0v) is 15.1. The molecule has 8 heteroatoms. The smallest absolute Gasteiger partial charge is 0.267 e. The number of carbonyl (C=O) groups excluding carboxylic acids is 2. The number of hydroxylamine groups is 1. The van der Waals surface area contributed by atoms with Crippen molar-refractivity contribution in [1.29, 1.82) is 0 Å². The lowest BCUT2D eigenvalue weighted by Crippen LogP contribution is -2.25. The van der Waals surface area contributed by atoms with Crippen LogP contribution in [-0.2, 0) is 29.6 Å². The van der Waals surface area contributed by atoms with Crippen molar-refractivity contribution >= 4 is 28.9 Å². The molecule has 1 heterocycles. The molecule has 3 aromatic rings. The molecule has 0 aliphatic heterocycles. The Hall–Kier alpha value is -3.52. The number of hydrogen-bond acceptors (Lipinski definition) is 4. The molecule has 0 atom stereocenters. The largest absolute Gasteiger partial charge is 0.349 e. The first kappa shape index (κ1) is 19.2. The van der Waals surface area contributed by atoms with Crippen LogP contribution in [0.2, 0.25) is 0 Å². The van der Waals surface area contributed by atoms with Crippen molar-refractivity contribution in [3.63, 3.8) is 0 Å². The Kier molecular flexibility index (Phi) is 5.81. The third kappa shape index (κ3) is 4.60. The number of amides is 2. The van der Waals surface area contributed by atoms with E-state index in [1.54, 1.807) is 24.3 Å². The number of halogens is 1. The van der Waals surface area contributed by atoms with Gasteiger partial charge in [-0.25, -0.2) is 14.9 Å². The minimum absolute atomic E-state index is 0.159. The Morgan fingerprint density at radius 2 is 1.96 bits per heavy atom. The van der Waals surface area contributed by atoms with Crippen LogP contribution in [0.3, 0.4) is 0 Å².